The molecule has 2 fully saturated rings. The van der Waals surface area contributed by atoms with Gasteiger partial charge in [-0.05, 0) is 45.2 Å². The van der Waals surface area contributed by atoms with Crippen molar-refractivity contribution in [3.05, 3.63) is 21.9 Å². The van der Waals surface area contributed by atoms with Crippen LogP contribution in [0.5, 0.6) is 0 Å². The average Bonchev–Trinajstić information content (AvgIpc) is 3.34. The van der Waals surface area contributed by atoms with Crippen LogP contribution in [0.2, 0.25) is 0 Å². The molecule has 0 bridgehead atoms. The third-order valence-electron chi connectivity index (χ3n) is 5.08. The first-order valence-corrected chi connectivity index (χ1v) is 10.4. The largest absolute Gasteiger partial charge is 0.357 e. The maximum atomic E-state index is 12.6. The first kappa shape index (κ1) is 21.5. The van der Waals surface area contributed by atoms with Gasteiger partial charge in [-0.2, -0.15) is 0 Å². The van der Waals surface area contributed by atoms with Crippen molar-refractivity contribution in [3.63, 3.8) is 0 Å². The fourth-order valence-electron chi connectivity index (χ4n) is 3.75. The number of halogens is 1. The second-order valence-electron chi connectivity index (χ2n) is 7.10. The van der Waals surface area contributed by atoms with E-state index >= 15 is 0 Å². The molecule has 0 aromatic carbocycles. The number of carbonyl (C=O) groups is 1. The quantitative estimate of drug-likeness (QED) is 0.377. The number of nitrogens with zero attached hydrogens (tertiary/aromatic N) is 2. The number of nitrogens with one attached hydrogen (secondary N) is 2. The molecule has 1 unspecified atom stereocenters. The number of aryl methyl sites for hydroxylation is 1. The Kier molecular flexibility index (Phi) is 8.66. The molecule has 5 nitrogen and oxygen atoms in total. The highest BCUT2D eigenvalue weighted by atomic mass is 127. The number of aliphatic imine (C=N–C) groups is 1. The Balaban J connectivity index is 0.00000243. The van der Waals surface area contributed by atoms with Gasteiger partial charge in [-0.3, -0.25) is 4.79 Å². The maximum absolute atomic E-state index is 12.6. The summed E-state index contributed by atoms with van der Waals surface area (Å²) in [7, 11) is 0. The summed E-state index contributed by atoms with van der Waals surface area (Å²) >= 11 is 1.79. The molecule has 2 N–H and O–H groups in total. The molecule has 1 amide bonds. The lowest BCUT2D eigenvalue weighted by atomic mass is 10.1. The number of likely N-dealkylation sites (tertiary alicyclic amines) is 1. The summed E-state index contributed by atoms with van der Waals surface area (Å²) in [5.41, 5.74) is 0. The van der Waals surface area contributed by atoms with Gasteiger partial charge in [-0.25, -0.2) is 4.99 Å². The van der Waals surface area contributed by atoms with Gasteiger partial charge < -0.3 is 15.5 Å². The van der Waals surface area contributed by atoms with Crippen molar-refractivity contribution in [1.82, 2.24) is 15.5 Å². The molecule has 0 radical (unpaired) electrons. The van der Waals surface area contributed by atoms with E-state index < -0.39 is 0 Å². The summed E-state index contributed by atoms with van der Waals surface area (Å²) in [5, 5.41) is 6.84. The number of rotatable bonds is 5. The monoisotopic (exact) mass is 490 g/mol. The van der Waals surface area contributed by atoms with Crippen molar-refractivity contribution in [2.24, 2.45) is 10.9 Å². The van der Waals surface area contributed by atoms with Gasteiger partial charge in [-0.1, -0.05) is 12.8 Å². The van der Waals surface area contributed by atoms with E-state index in [4.69, 9.17) is 4.99 Å². The number of thiophene rings is 1. The zero-order valence-electron chi connectivity index (χ0n) is 15.8. The molecule has 1 aliphatic heterocycles. The second-order valence-corrected chi connectivity index (χ2v) is 8.48. The molecule has 146 valence electrons. The van der Waals surface area contributed by atoms with Crippen LogP contribution in [-0.2, 0) is 11.3 Å². The summed E-state index contributed by atoms with van der Waals surface area (Å²) < 4.78 is 0. The van der Waals surface area contributed by atoms with E-state index in [1.807, 2.05) is 0 Å². The Labute approximate surface area is 178 Å². The normalized spacial score (nSPS) is 20.9. The third kappa shape index (κ3) is 5.84. The summed E-state index contributed by atoms with van der Waals surface area (Å²) in [6.07, 6.45) is 5.59. The van der Waals surface area contributed by atoms with Crippen molar-refractivity contribution in [2.75, 3.05) is 19.6 Å². The summed E-state index contributed by atoms with van der Waals surface area (Å²) in [4.78, 5) is 21.9. The Morgan fingerprint density at radius 2 is 2.08 bits per heavy atom. The number of hydrogen-bond donors (Lipinski definition) is 2. The van der Waals surface area contributed by atoms with Gasteiger partial charge in [0.25, 0.3) is 0 Å². The van der Waals surface area contributed by atoms with E-state index in [9.17, 15) is 4.79 Å². The lowest BCUT2D eigenvalue weighted by Crippen LogP contribution is -2.45. The fraction of sp³-hybridized carbons (Fsp3) is 0.684. The molecule has 1 atom stereocenters. The smallest absolute Gasteiger partial charge is 0.225 e. The van der Waals surface area contributed by atoms with Crippen LogP contribution in [-0.4, -0.2) is 42.4 Å². The second kappa shape index (κ2) is 10.5. The van der Waals surface area contributed by atoms with Crippen LogP contribution in [0.3, 0.4) is 0 Å². The lowest BCUT2D eigenvalue weighted by molar-refractivity contribution is -0.134. The Morgan fingerprint density at radius 1 is 1.31 bits per heavy atom. The SMILES string of the molecule is CCNC(=NCc1ccc(C)s1)NC1CCN(C(=O)C2CCCC2)C1.I. The predicted octanol–water partition coefficient (Wildman–Crippen LogP) is 3.52. The predicted molar refractivity (Wildman–Crippen MR) is 119 cm³/mol. The van der Waals surface area contributed by atoms with Crippen molar-refractivity contribution < 1.29 is 4.79 Å². The van der Waals surface area contributed by atoms with Crippen LogP contribution in [0.4, 0.5) is 0 Å². The van der Waals surface area contributed by atoms with Gasteiger partial charge >= 0.3 is 0 Å². The van der Waals surface area contributed by atoms with Crippen LogP contribution in [0.25, 0.3) is 0 Å². The molecule has 0 spiro atoms. The molecule has 1 aromatic rings. The van der Waals surface area contributed by atoms with E-state index in [-0.39, 0.29) is 29.9 Å². The van der Waals surface area contributed by atoms with E-state index in [1.54, 1.807) is 11.3 Å². The third-order valence-corrected chi connectivity index (χ3v) is 6.06. The Bertz CT molecular complexity index is 612. The number of guanidine groups is 1. The van der Waals surface area contributed by atoms with Crippen LogP contribution < -0.4 is 10.6 Å². The molecular weight excluding hydrogens is 459 g/mol. The molecule has 26 heavy (non-hydrogen) atoms. The average molecular weight is 490 g/mol. The van der Waals surface area contributed by atoms with Crippen molar-refractivity contribution in [1.29, 1.82) is 0 Å². The van der Waals surface area contributed by atoms with Crippen LogP contribution in [0, 0.1) is 12.8 Å². The summed E-state index contributed by atoms with van der Waals surface area (Å²) in [5.74, 6) is 1.51. The van der Waals surface area contributed by atoms with Gasteiger partial charge in [-0.15, -0.1) is 35.3 Å². The van der Waals surface area contributed by atoms with Gasteiger partial charge in [0.15, 0.2) is 5.96 Å². The zero-order valence-corrected chi connectivity index (χ0v) is 18.9. The lowest BCUT2D eigenvalue weighted by Gasteiger charge is -2.21. The van der Waals surface area contributed by atoms with E-state index in [2.05, 4.69) is 41.5 Å². The fourth-order valence-corrected chi connectivity index (χ4v) is 4.56. The van der Waals surface area contributed by atoms with Crippen molar-refractivity contribution in [2.45, 2.75) is 58.5 Å². The molecule has 1 saturated heterocycles. The van der Waals surface area contributed by atoms with E-state index in [0.717, 1.165) is 44.9 Å². The summed E-state index contributed by atoms with van der Waals surface area (Å²) in [6, 6.07) is 4.58. The van der Waals surface area contributed by atoms with Gasteiger partial charge in [0.1, 0.15) is 0 Å². The maximum Gasteiger partial charge on any atom is 0.225 e. The highest BCUT2D eigenvalue weighted by Crippen LogP contribution is 2.27. The number of hydrogen-bond acceptors (Lipinski definition) is 3. The summed E-state index contributed by atoms with van der Waals surface area (Å²) in [6.45, 7) is 7.42. The van der Waals surface area contributed by atoms with Crippen molar-refractivity contribution in [3.8, 4) is 0 Å². The van der Waals surface area contributed by atoms with Crippen LogP contribution >= 0.6 is 35.3 Å². The van der Waals surface area contributed by atoms with E-state index in [0.29, 0.717) is 18.5 Å². The van der Waals surface area contributed by atoms with Gasteiger partial charge in [0.05, 0.1) is 6.54 Å². The van der Waals surface area contributed by atoms with Crippen molar-refractivity contribution >= 4 is 47.2 Å². The molecule has 1 aliphatic carbocycles. The van der Waals surface area contributed by atoms with Crippen LogP contribution in [0.15, 0.2) is 17.1 Å². The van der Waals surface area contributed by atoms with Gasteiger partial charge in [0, 0.05) is 41.3 Å². The minimum Gasteiger partial charge on any atom is -0.357 e. The Hall–Kier alpha value is -0.830. The molecule has 7 heteroatoms. The molecule has 3 rings (SSSR count). The molecule has 2 aliphatic rings. The highest BCUT2D eigenvalue weighted by Gasteiger charge is 2.32. The highest BCUT2D eigenvalue weighted by molar-refractivity contribution is 14.0. The standard InChI is InChI=1S/C19H30N4OS.HI/c1-3-20-19(21-12-17-9-8-14(2)25-17)22-16-10-11-23(13-16)18(24)15-6-4-5-7-15;/h8-9,15-16H,3-7,10-13H2,1-2H3,(H2,20,21,22);1H. The first-order valence-electron chi connectivity index (χ1n) is 9.54. The minimum absolute atomic E-state index is 0. The minimum atomic E-state index is 0. The van der Waals surface area contributed by atoms with E-state index in [1.165, 1.54) is 22.6 Å². The Morgan fingerprint density at radius 3 is 2.73 bits per heavy atom. The first-order chi connectivity index (χ1) is 12.2. The molecular formula is C19H31IN4OS. The molecule has 1 saturated carbocycles. The number of carbonyl (C=O) groups excluding carboxylic acids is 1. The van der Waals surface area contributed by atoms with Crippen LogP contribution in [0.1, 0.15) is 48.8 Å². The molecule has 2 heterocycles. The number of amides is 1. The topological polar surface area (TPSA) is 56.7 Å². The van der Waals surface area contributed by atoms with Gasteiger partial charge in [0.2, 0.25) is 5.91 Å². The molecule has 1 aromatic heterocycles. The zero-order chi connectivity index (χ0) is 17.6.